The largest absolute Gasteiger partial charge is 0.339 e. The number of amides is 1. The quantitative estimate of drug-likeness (QED) is 0.705. The number of carbonyl (C=O) groups excluding carboxylic acids is 1. The monoisotopic (exact) mass is 363 g/mol. The maximum atomic E-state index is 12.8. The maximum Gasteiger partial charge on any atom is 0.253 e. The lowest BCUT2D eigenvalue weighted by atomic mass is 9.98. The van der Waals surface area contributed by atoms with E-state index in [1.165, 1.54) is 18.3 Å². The van der Waals surface area contributed by atoms with E-state index in [4.69, 9.17) is 0 Å². The first-order valence-electron chi connectivity index (χ1n) is 8.34. The minimum Gasteiger partial charge on any atom is -0.339 e. The number of halogens is 1. The highest BCUT2D eigenvalue weighted by Crippen LogP contribution is 2.25. The Morgan fingerprint density at radius 1 is 1.22 bits per heavy atom. The lowest BCUT2D eigenvalue weighted by Gasteiger charge is -2.21. The van der Waals surface area contributed by atoms with Crippen LogP contribution in [0.4, 0.5) is 4.39 Å². The number of hydrogen-bond donors (Lipinski definition) is 2. The molecule has 0 saturated heterocycles. The number of aromatic nitrogens is 2. The fourth-order valence-electron chi connectivity index (χ4n) is 2.72. The van der Waals surface area contributed by atoms with Crippen LogP contribution in [0.15, 0.2) is 72.3 Å². The van der Waals surface area contributed by atoms with Crippen LogP contribution in [0.2, 0.25) is 0 Å². The number of nitrogens with zero attached hydrogens (tertiary/aromatic N) is 1. The molecular formula is C21H18FN3O2. The highest BCUT2D eigenvalue weighted by Gasteiger charge is 2.21. The predicted octanol–water partition coefficient (Wildman–Crippen LogP) is 3.40. The summed E-state index contributed by atoms with van der Waals surface area (Å²) in [5.41, 5.74) is 2.73. The van der Waals surface area contributed by atoms with E-state index in [1.807, 2.05) is 6.07 Å². The van der Waals surface area contributed by atoms with Crippen molar-refractivity contribution in [3.63, 3.8) is 0 Å². The number of nitrogens with one attached hydrogen (secondary N) is 2. The molecule has 0 aliphatic heterocycles. The molecule has 0 bridgehead atoms. The Balaban J connectivity index is 2.00. The van der Waals surface area contributed by atoms with Gasteiger partial charge in [-0.3, -0.25) is 14.6 Å². The number of alkyl halides is 1. The Bertz CT molecular complexity index is 992. The summed E-state index contributed by atoms with van der Waals surface area (Å²) in [7, 11) is 0. The van der Waals surface area contributed by atoms with Gasteiger partial charge in [-0.25, -0.2) is 4.39 Å². The summed E-state index contributed by atoms with van der Waals surface area (Å²) in [6.45, 7) is 3.24. The first kappa shape index (κ1) is 18.3. The van der Waals surface area contributed by atoms with Crippen LogP contribution in [0.5, 0.6) is 0 Å². The first-order valence-corrected chi connectivity index (χ1v) is 8.34. The smallest absolute Gasteiger partial charge is 0.253 e. The number of pyridine rings is 2. The molecule has 6 heteroatoms. The fourth-order valence-corrected chi connectivity index (χ4v) is 2.72. The number of hydrogen-bond acceptors (Lipinski definition) is 3. The summed E-state index contributed by atoms with van der Waals surface area (Å²) >= 11 is 0. The van der Waals surface area contributed by atoms with Gasteiger partial charge in [0.1, 0.15) is 6.67 Å². The molecule has 3 rings (SSSR count). The molecule has 0 spiro atoms. The average Bonchev–Trinajstić information content (AvgIpc) is 2.72. The summed E-state index contributed by atoms with van der Waals surface area (Å²) in [5, 5.41) is 2.93. The van der Waals surface area contributed by atoms with E-state index in [-0.39, 0.29) is 11.5 Å². The first-order chi connectivity index (χ1) is 13.1. The molecule has 1 atom stereocenters. The Kier molecular flexibility index (Phi) is 5.56. The van der Waals surface area contributed by atoms with Crippen molar-refractivity contribution in [3.8, 4) is 0 Å². The van der Waals surface area contributed by atoms with Gasteiger partial charge in [0.2, 0.25) is 5.56 Å². The standard InChI is InChI=1S/C21H18FN3O2/c1-2-15-4-3-11-23-19(15)20(16-7-5-14(12-22)6-8-16)25-21(27)17-9-10-18(26)24-13-17/h2-11,13,20H,1,12H2,(H,24,26)(H,25,27)/t20-/m0/s1. The van der Waals surface area contributed by atoms with E-state index < -0.39 is 12.7 Å². The second-order valence-electron chi connectivity index (χ2n) is 5.91. The van der Waals surface area contributed by atoms with Crippen LogP contribution in [0, 0.1) is 0 Å². The lowest BCUT2D eigenvalue weighted by molar-refractivity contribution is 0.0942. The predicted molar refractivity (Wildman–Crippen MR) is 102 cm³/mol. The van der Waals surface area contributed by atoms with Crippen molar-refractivity contribution >= 4 is 12.0 Å². The van der Waals surface area contributed by atoms with E-state index in [0.29, 0.717) is 16.8 Å². The topological polar surface area (TPSA) is 74.8 Å². The van der Waals surface area contributed by atoms with Crippen LogP contribution in [0.25, 0.3) is 6.08 Å². The van der Waals surface area contributed by atoms with Crippen molar-refractivity contribution in [2.75, 3.05) is 0 Å². The van der Waals surface area contributed by atoms with Gasteiger partial charge in [-0.05, 0) is 28.8 Å². The zero-order chi connectivity index (χ0) is 19.2. The number of carbonyl (C=O) groups is 1. The van der Waals surface area contributed by atoms with Crippen molar-refractivity contribution in [1.82, 2.24) is 15.3 Å². The molecule has 136 valence electrons. The number of aromatic amines is 1. The molecule has 1 aromatic carbocycles. The molecule has 0 aliphatic rings. The summed E-state index contributed by atoms with van der Waals surface area (Å²) in [6.07, 6.45) is 4.66. The van der Waals surface area contributed by atoms with Crippen molar-refractivity contribution < 1.29 is 9.18 Å². The van der Waals surface area contributed by atoms with Gasteiger partial charge in [0.15, 0.2) is 0 Å². The van der Waals surface area contributed by atoms with Gasteiger partial charge in [0, 0.05) is 18.5 Å². The third-order valence-corrected chi connectivity index (χ3v) is 4.15. The number of rotatable bonds is 6. The zero-order valence-electron chi connectivity index (χ0n) is 14.5. The maximum absolute atomic E-state index is 12.8. The van der Waals surface area contributed by atoms with Gasteiger partial charge in [0.05, 0.1) is 17.3 Å². The van der Waals surface area contributed by atoms with Crippen LogP contribution in [0.1, 0.15) is 38.8 Å². The highest BCUT2D eigenvalue weighted by atomic mass is 19.1. The van der Waals surface area contributed by atoms with E-state index in [1.54, 1.807) is 42.6 Å². The van der Waals surface area contributed by atoms with Crippen molar-refractivity contribution in [1.29, 1.82) is 0 Å². The third-order valence-electron chi connectivity index (χ3n) is 4.15. The van der Waals surface area contributed by atoms with Crippen LogP contribution in [0.3, 0.4) is 0 Å². The van der Waals surface area contributed by atoms with Crippen LogP contribution in [-0.4, -0.2) is 15.9 Å². The molecule has 0 aliphatic carbocycles. The Hall–Kier alpha value is -3.54. The SMILES string of the molecule is C=Cc1cccnc1[C@@H](NC(=O)c1ccc(=O)[nH]c1)c1ccc(CF)cc1. The van der Waals surface area contributed by atoms with Gasteiger partial charge in [-0.15, -0.1) is 0 Å². The molecule has 1 amide bonds. The van der Waals surface area contributed by atoms with E-state index >= 15 is 0 Å². The van der Waals surface area contributed by atoms with Crippen LogP contribution < -0.4 is 10.9 Å². The third kappa shape index (κ3) is 4.17. The molecule has 0 fully saturated rings. The fraction of sp³-hybridized carbons (Fsp3) is 0.0952. The molecule has 2 heterocycles. The van der Waals surface area contributed by atoms with Crippen molar-refractivity contribution in [2.45, 2.75) is 12.7 Å². The number of H-pyrrole nitrogens is 1. The second-order valence-corrected chi connectivity index (χ2v) is 5.91. The van der Waals surface area contributed by atoms with Crippen molar-refractivity contribution in [2.24, 2.45) is 0 Å². The molecule has 2 aromatic heterocycles. The van der Waals surface area contributed by atoms with Crippen LogP contribution in [-0.2, 0) is 6.67 Å². The van der Waals surface area contributed by atoms with Gasteiger partial charge in [0.25, 0.3) is 5.91 Å². The minimum absolute atomic E-state index is 0.288. The Morgan fingerprint density at radius 2 is 2.00 bits per heavy atom. The Labute approximate surface area is 155 Å². The second kappa shape index (κ2) is 8.23. The molecular weight excluding hydrogens is 345 g/mol. The molecule has 0 radical (unpaired) electrons. The average molecular weight is 363 g/mol. The molecule has 3 aromatic rings. The molecule has 0 unspecified atom stereocenters. The highest BCUT2D eigenvalue weighted by molar-refractivity contribution is 5.94. The summed E-state index contributed by atoms with van der Waals surface area (Å²) in [6, 6.07) is 12.7. The number of benzene rings is 1. The van der Waals surface area contributed by atoms with E-state index in [9.17, 15) is 14.0 Å². The molecule has 5 nitrogen and oxygen atoms in total. The normalized spacial score (nSPS) is 11.6. The van der Waals surface area contributed by atoms with Gasteiger partial charge in [-0.1, -0.05) is 43.0 Å². The minimum atomic E-state index is -0.563. The summed E-state index contributed by atoms with van der Waals surface area (Å²) in [5.74, 6) is -0.369. The van der Waals surface area contributed by atoms with E-state index in [0.717, 1.165) is 11.1 Å². The molecule has 27 heavy (non-hydrogen) atoms. The molecule has 2 N–H and O–H groups in total. The molecule has 0 saturated carbocycles. The van der Waals surface area contributed by atoms with Gasteiger partial charge < -0.3 is 10.3 Å². The zero-order valence-corrected chi connectivity index (χ0v) is 14.5. The van der Waals surface area contributed by atoms with E-state index in [2.05, 4.69) is 21.9 Å². The van der Waals surface area contributed by atoms with Gasteiger partial charge >= 0.3 is 0 Å². The van der Waals surface area contributed by atoms with Gasteiger partial charge in [-0.2, -0.15) is 0 Å². The summed E-state index contributed by atoms with van der Waals surface area (Å²) in [4.78, 5) is 30.8. The lowest BCUT2D eigenvalue weighted by Crippen LogP contribution is -2.31. The summed E-state index contributed by atoms with van der Waals surface area (Å²) < 4.78 is 12.8. The van der Waals surface area contributed by atoms with Crippen molar-refractivity contribution in [3.05, 3.63) is 106 Å². The van der Waals surface area contributed by atoms with Crippen LogP contribution >= 0.6 is 0 Å². The Morgan fingerprint density at radius 3 is 2.63 bits per heavy atom.